The van der Waals surface area contributed by atoms with Crippen LogP contribution in [0.2, 0.25) is 0 Å². The third-order valence-corrected chi connectivity index (χ3v) is 5.44. The molecular weight excluding hydrogens is 298 g/mol. The van der Waals surface area contributed by atoms with Gasteiger partial charge in [-0.05, 0) is 57.2 Å². The van der Waals surface area contributed by atoms with E-state index in [2.05, 4.69) is 15.5 Å². The number of carbonyl (C=O) groups is 1. The smallest absolute Gasteiger partial charge is 0.223 e. The molecule has 22 heavy (non-hydrogen) atoms. The van der Waals surface area contributed by atoms with Crippen LogP contribution < -0.4 is 10.6 Å². The van der Waals surface area contributed by atoms with E-state index in [1.165, 1.54) is 19.3 Å². The Balaban J connectivity index is 1.55. The van der Waals surface area contributed by atoms with Gasteiger partial charge < -0.3 is 20.3 Å². The highest BCUT2D eigenvalue weighted by atomic mass is 32.1. The molecule has 0 aromatic carbocycles. The molecule has 1 aliphatic carbocycles. The molecule has 2 atom stereocenters. The Labute approximate surface area is 138 Å². The molecule has 3 fully saturated rings. The van der Waals surface area contributed by atoms with Crippen LogP contribution in [0.5, 0.6) is 0 Å². The molecule has 1 amide bonds. The minimum Gasteiger partial charge on any atom is -0.383 e. The standard InChI is InChI=1S/C16H27N3O2S/c1-21-8-7-17-16(22)19-13-3-2-4-14(19)10-12(9-13)18-15(20)11-5-6-11/h11-14H,2-10H2,1H3,(H,17,22)(H,18,20)/t13-,14-/m0/s1. The van der Waals surface area contributed by atoms with Crippen LogP contribution in [0, 0.1) is 5.92 Å². The third kappa shape index (κ3) is 3.71. The van der Waals surface area contributed by atoms with Crippen molar-refractivity contribution in [3.8, 4) is 0 Å². The minimum atomic E-state index is 0.275. The number of carbonyl (C=O) groups excluding carboxylic acids is 1. The molecule has 2 N–H and O–H groups in total. The van der Waals surface area contributed by atoms with E-state index in [1.807, 2.05) is 0 Å². The van der Waals surface area contributed by atoms with Crippen LogP contribution in [-0.2, 0) is 9.53 Å². The molecule has 0 radical (unpaired) electrons. The van der Waals surface area contributed by atoms with Crippen molar-refractivity contribution in [3.63, 3.8) is 0 Å². The van der Waals surface area contributed by atoms with Gasteiger partial charge in [0.25, 0.3) is 0 Å². The lowest BCUT2D eigenvalue weighted by molar-refractivity contribution is -0.123. The average molecular weight is 325 g/mol. The lowest BCUT2D eigenvalue weighted by Gasteiger charge is -2.50. The van der Waals surface area contributed by atoms with Gasteiger partial charge in [-0.1, -0.05) is 0 Å². The number of nitrogens with one attached hydrogen (secondary N) is 2. The van der Waals surface area contributed by atoms with Gasteiger partial charge >= 0.3 is 0 Å². The van der Waals surface area contributed by atoms with Gasteiger partial charge in [-0.2, -0.15) is 0 Å². The monoisotopic (exact) mass is 325 g/mol. The molecule has 0 spiro atoms. The highest BCUT2D eigenvalue weighted by Gasteiger charge is 2.41. The van der Waals surface area contributed by atoms with E-state index in [9.17, 15) is 4.79 Å². The Kier molecular flexibility index (Phi) is 5.18. The molecule has 2 aliphatic heterocycles. The van der Waals surface area contributed by atoms with Crippen LogP contribution in [0.3, 0.4) is 0 Å². The first-order valence-electron chi connectivity index (χ1n) is 8.54. The predicted octanol–water partition coefficient (Wildman–Crippen LogP) is 1.42. The number of methoxy groups -OCH3 is 1. The summed E-state index contributed by atoms with van der Waals surface area (Å²) in [5, 5.41) is 7.44. The maximum Gasteiger partial charge on any atom is 0.223 e. The quantitative estimate of drug-likeness (QED) is 0.591. The Bertz CT molecular complexity index is 414. The molecule has 2 heterocycles. The Hall–Kier alpha value is -0.880. The van der Waals surface area contributed by atoms with Crippen molar-refractivity contribution in [1.82, 2.24) is 15.5 Å². The fourth-order valence-electron chi connectivity index (χ4n) is 3.85. The summed E-state index contributed by atoms with van der Waals surface area (Å²) >= 11 is 5.59. The second kappa shape index (κ2) is 7.13. The average Bonchev–Trinajstić information content (AvgIpc) is 3.31. The van der Waals surface area contributed by atoms with Crippen LogP contribution in [0.15, 0.2) is 0 Å². The van der Waals surface area contributed by atoms with Gasteiger partial charge in [0.15, 0.2) is 5.11 Å². The maximum absolute atomic E-state index is 12.0. The van der Waals surface area contributed by atoms with Crippen LogP contribution in [0.25, 0.3) is 0 Å². The summed E-state index contributed by atoms with van der Waals surface area (Å²) in [7, 11) is 1.70. The van der Waals surface area contributed by atoms with Gasteiger partial charge in [0.2, 0.25) is 5.91 Å². The first-order valence-corrected chi connectivity index (χ1v) is 8.95. The number of ether oxygens (including phenoxy) is 1. The number of amides is 1. The summed E-state index contributed by atoms with van der Waals surface area (Å²) in [6.07, 6.45) is 7.84. The van der Waals surface area contributed by atoms with Crippen LogP contribution in [0.4, 0.5) is 0 Å². The van der Waals surface area contributed by atoms with E-state index in [-0.39, 0.29) is 5.91 Å². The van der Waals surface area contributed by atoms with E-state index in [4.69, 9.17) is 17.0 Å². The van der Waals surface area contributed by atoms with Crippen LogP contribution in [-0.4, -0.2) is 54.3 Å². The van der Waals surface area contributed by atoms with E-state index in [0.29, 0.717) is 30.7 Å². The van der Waals surface area contributed by atoms with E-state index in [1.54, 1.807) is 7.11 Å². The first kappa shape index (κ1) is 16.0. The summed E-state index contributed by atoms with van der Waals surface area (Å²) < 4.78 is 5.07. The van der Waals surface area contributed by atoms with E-state index < -0.39 is 0 Å². The summed E-state index contributed by atoms with van der Waals surface area (Å²) in [4.78, 5) is 14.4. The Morgan fingerprint density at radius 1 is 1.23 bits per heavy atom. The van der Waals surface area contributed by atoms with E-state index >= 15 is 0 Å². The van der Waals surface area contributed by atoms with Crippen molar-refractivity contribution < 1.29 is 9.53 Å². The van der Waals surface area contributed by atoms with E-state index in [0.717, 1.165) is 37.3 Å². The number of fused-ring (bicyclic) bond motifs is 2. The first-order chi connectivity index (χ1) is 10.7. The SMILES string of the molecule is COCCNC(=S)N1[C@H]2CCC[C@H]1CC(NC(=O)C1CC1)C2. The van der Waals surface area contributed by atoms with Crippen molar-refractivity contribution in [3.05, 3.63) is 0 Å². The summed E-state index contributed by atoms with van der Waals surface area (Å²) in [6.45, 7) is 1.43. The zero-order valence-electron chi connectivity index (χ0n) is 13.3. The fourth-order valence-corrected chi connectivity index (χ4v) is 4.25. The molecule has 2 saturated heterocycles. The van der Waals surface area contributed by atoms with Crippen molar-refractivity contribution in [2.24, 2.45) is 5.92 Å². The summed E-state index contributed by atoms with van der Waals surface area (Å²) in [6, 6.07) is 1.28. The second-order valence-corrected chi connectivity index (χ2v) is 7.21. The molecule has 3 rings (SSSR count). The van der Waals surface area contributed by atoms with Gasteiger partial charge in [-0.15, -0.1) is 0 Å². The van der Waals surface area contributed by atoms with Crippen molar-refractivity contribution >= 4 is 23.2 Å². The highest BCUT2D eigenvalue weighted by molar-refractivity contribution is 7.80. The lowest BCUT2D eigenvalue weighted by Crippen LogP contribution is -2.61. The van der Waals surface area contributed by atoms with Crippen LogP contribution in [0.1, 0.15) is 44.9 Å². The normalized spacial score (nSPS) is 30.8. The van der Waals surface area contributed by atoms with Crippen LogP contribution >= 0.6 is 12.2 Å². The van der Waals surface area contributed by atoms with Gasteiger partial charge in [0.05, 0.1) is 6.61 Å². The molecule has 3 aliphatic rings. The number of rotatable bonds is 5. The lowest BCUT2D eigenvalue weighted by atomic mass is 9.82. The van der Waals surface area contributed by atoms with Gasteiger partial charge in [-0.3, -0.25) is 4.79 Å². The second-order valence-electron chi connectivity index (χ2n) is 6.82. The fraction of sp³-hybridized carbons (Fsp3) is 0.875. The Morgan fingerprint density at radius 3 is 2.50 bits per heavy atom. The van der Waals surface area contributed by atoms with Gasteiger partial charge in [0, 0.05) is 37.7 Å². The minimum absolute atomic E-state index is 0.275. The molecular formula is C16H27N3O2S. The highest BCUT2D eigenvalue weighted by Crippen LogP contribution is 2.35. The predicted molar refractivity (Wildman–Crippen MR) is 89.6 cm³/mol. The van der Waals surface area contributed by atoms with Crippen molar-refractivity contribution in [2.75, 3.05) is 20.3 Å². The number of hydrogen-bond acceptors (Lipinski definition) is 3. The molecule has 2 bridgehead atoms. The van der Waals surface area contributed by atoms with Gasteiger partial charge in [0.1, 0.15) is 0 Å². The summed E-state index contributed by atoms with van der Waals surface area (Å²) in [5.74, 6) is 0.576. The zero-order chi connectivity index (χ0) is 15.5. The Morgan fingerprint density at radius 2 is 1.91 bits per heavy atom. The topological polar surface area (TPSA) is 53.6 Å². The molecule has 0 aromatic heterocycles. The zero-order valence-corrected chi connectivity index (χ0v) is 14.2. The number of hydrogen-bond donors (Lipinski definition) is 2. The number of thiocarbonyl (C=S) groups is 1. The van der Waals surface area contributed by atoms with Gasteiger partial charge in [-0.25, -0.2) is 0 Å². The molecule has 124 valence electrons. The third-order valence-electron chi connectivity index (χ3n) is 5.09. The number of nitrogens with zero attached hydrogens (tertiary/aromatic N) is 1. The molecule has 1 saturated carbocycles. The maximum atomic E-state index is 12.0. The summed E-state index contributed by atoms with van der Waals surface area (Å²) in [5.41, 5.74) is 0. The largest absolute Gasteiger partial charge is 0.383 e. The molecule has 5 nitrogen and oxygen atoms in total. The molecule has 0 aromatic rings. The van der Waals surface area contributed by atoms with Crippen molar-refractivity contribution in [1.29, 1.82) is 0 Å². The van der Waals surface area contributed by atoms with Crippen molar-refractivity contribution in [2.45, 2.75) is 63.1 Å². The molecule has 0 unspecified atom stereocenters. The number of piperidine rings is 2. The molecule has 6 heteroatoms.